The fourth-order valence-corrected chi connectivity index (χ4v) is 3.12. The van der Waals surface area contributed by atoms with Gasteiger partial charge in [-0.25, -0.2) is 4.79 Å². The number of carbonyl (C=O) groups is 3. The van der Waals surface area contributed by atoms with Gasteiger partial charge < -0.3 is 25.0 Å². The Morgan fingerprint density at radius 3 is 2.31 bits per heavy atom. The lowest BCUT2D eigenvalue weighted by atomic mass is 10.1. The molecule has 0 aromatic heterocycles. The SMILES string of the molecule is CCOC(=O)N1CCC(NC(=O)CN(C)CC(=O)Nc2ccc(OC)cc2)CC1. The summed E-state index contributed by atoms with van der Waals surface area (Å²) in [6.07, 6.45) is 1.07. The van der Waals surface area contributed by atoms with Crippen LogP contribution in [0.2, 0.25) is 0 Å². The van der Waals surface area contributed by atoms with Crippen molar-refractivity contribution in [2.24, 2.45) is 0 Å². The molecule has 2 rings (SSSR count). The number of nitrogens with one attached hydrogen (secondary N) is 2. The van der Waals surface area contributed by atoms with E-state index in [2.05, 4.69) is 10.6 Å². The first-order valence-electron chi connectivity index (χ1n) is 9.74. The molecule has 0 aliphatic carbocycles. The van der Waals surface area contributed by atoms with Crippen molar-refractivity contribution >= 4 is 23.6 Å². The van der Waals surface area contributed by atoms with Gasteiger partial charge in [0.15, 0.2) is 0 Å². The van der Waals surface area contributed by atoms with Gasteiger partial charge in [0.25, 0.3) is 0 Å². The Hall–Kier alpha value is -2.81. The van der Waals surface area contributed by atoms with Gasteiger partial charge in [0.05, 0.1) is 26.8 Å². The standard InChI is InChI=1S/C20H30N4O5/c1-4-29-20(27)24-11-9-16(10-12-24)22-19(26)14-23(2)13-18(25)21-15-5-7-17(28-3)8-6-15/h5-8,16H,4,9-14H2,1-3H3,(H,21,25)(H,22,26). The molecule has 0 atom stereocenters. The number of methoxy groups -OCH3 is 1. The van der Waals surface area contributed by atoms with Gasteiger partial charge in [0, 0.05) is 24.8 Å². The second-order valence-electron chi connectivity index (χ2n) is 6.98. The van der Waals surface area contributed by atoms with Crippen LogP contribution >= 0.6 is 0 Å². The van der Waals surface area contributed by atoms with Crippen molar-refractivity contribution in [3.05, 3.63) is 24.3 Å². The third-order valence-corrected chi connectivity index (χ3v) is 4.59. The van der Waals surface area contributed by atoms with E-state index in [0.717, 1.165) is 0 Å². The summed E-state index contributed by atoms with van der Waals surface area (Å²) in [7, 11) is 3.30. The van der Waals surface area contributed by atoms with Gasteiger partial charge in [-0.3, -0.25) is 14.5 Å². The molecule has 1 aliphatic heterocycles. The highest BCUT2D eigenvalue weighted by molar-refractivity contribution is 5.92. The van der Waals surface area contributed by atoms with Gasteiger partial charge in [0.2, 0.25) is 11.8 Å². The predicted molar refractivity (Wildman–Crippen MR) is 109 cm³/mol. The minimum Gasteiger partial charge on any atom is -0.497 e. The van der Waals surface area contributed by atoms with Crippen LogP contribution in [0.15, 0.2) is 24.3 Å². The number of benzene rings is 1. The monoisotopic (exact) mass is 406 g/mol. The summed E-state index contributed by atoms with van der Waals surface area (Å²) in [6.45, 7) is 3.47. The molecule has 1 aromatic carbocycles. The number of hydrogen-bond donors (Lipinski definition) is 2. The van der Waals surface area contributed by atoms with E-state index < -0.39 is 0 Å². The van der Waals surface area contributed by atoms with Crippen LogP contribution in [-0.4, -0.2) is 80.7 Å². The van der Waals surface area contributed by atoms with Crippen molar-refractivity contribution in [3.8, 4) is 5.75 Å². The number of carbonyl (C=O) groups excluding carboxylic acids is 3. The van der Waals surface area contributed by atoms with Crippen LogP contribution in [0, 0.1) is 0 Å². The van der Waals surface area contributed by atoms with Crippen LogP contribution in [0.25, 0.3) is 0 Å². The number of rotatable bonds is 8. The van der Waals surface area contributed by atoms with Gasteiger partial charge in [-0.1, -0.05) is 0 Å². The summed E-state index contributed by atoms with van der Waals surface area (Å²) in [5.41, 5.74) is 0.669. The zero-order valence-electron chi connectivity index (χ0n) is 17.3. The van der Waals surface area contributed by atoms with Gasteiger partial charge in [0.1, 0.15) is 5.75 Å². The average Bonchev–Trinajstić information content (AvgIpc) is 2.69. The van der Waals surface area contributed by atoms with E-state index in [0.29, 0.717) is 44.0 Å². The van der Waals surface area contributed by atoms with Crippen LogP contribution in [0.4, 0.5) is 10.5 Å². The Kier molecular flexibility index (Phi) is 8.72. The van der Waals surface area contributed by atoms with E-state index in [1.54, 1.807) is 55.1 Å². The molecule has 0 unspecified atom stereocenters. The van der Waals surface area contributed by atoms with Crippen molar-refractivity contribution in [1.29, 1.82) is 0 Å². The molecule has 3 amide bonds. The molecule has 0 spiro atoms. The lowest BCUT2D eigenvalue weighted by Crippen LogP contribution is -2.49. The zero-order chi connectivity index (χ0) is 21.2. The average molecular weight is 406 g/mol. The molecule has 9 heteroatoms. The number of likely N-dealkylation sites (N-methyl/N-ethyl adjacent to an activating group) is 1. The number of amides is 3. The molecule has 1 heterocycles. The quantitative estimate of drug-likeness (QED) is 0.675. The van der Waals surface area contributed by atoms with Gasteiger partial charge >= 0.3 is 6.09 Å². The first-order chi connectivity index (χ1) is 13.9. The third kappa shape index (κ3) is 7.61. The van der Waals surface area contributed by atoms with E-state index >= 15 is 0 Å². The second kappa shape index (κ2) is 11.3. The Morgan fingerprint density at radius 1 is 1.10 bits per heavy atom. The molecule has 0 saturated carbocycles. The molecule has 2 N–H and O–H groups in total. The molecule has 160 valence electrons. The molecule has 1 aromatic rings. The van der Waals surface area contributed by atoms with E-state index in [-0.39, 0.29) is 37.0 Å². The number of anilines is 1. The highest BCUT2D eigenvalue weighted by atomic mass is 16.6. The molecular weight excluding hydrogens is 376 g/mol. The minimum atomic E-state index is -0.306. The fraction of sp³-hybridized carbons (Fsp3) is 0.550. The molecule has 0 radical (unpaired) electrons. The summed E-state index contributed by atoms with van der Waals surface area (Å²) in [6, 6.07) is 7.06. The highest BCUT2D eigenvalue weighted by Crippen LogP contribution is 2.15. The maximum Gasteiger partial charge on any atom is 0.409 e. The molecule has 1 fully saturated rings. The smallest absolute Gasteiger partial charge is 0.409 e. The van der Waals surface area contributed by atoms with Gasteiger partial charge in [-0.15, -0.1) is 0 Å². The topological polar surface area (TPSA) is 100 Å². The van der Waals surface area contributed by atoms with E-state index in [1.165, 1.54) is 0 Å². The summed E-state index contributed by atoms with van der Waals surface area (Å²) >= 11 is 0. The number of hydrogen-bond acceptors (Lipinski definition) is 6. The van der Waals surface area contributed by atoms with Crippen molar-refractivity contribution in [2.45, 2.75) is 25.8 Å². The summed E-state index contributed by atoms with van der Waals surface area (Å²) in [5.74, 6) is 0.373. The lowest BCUT2D eigenvalue weighted by molar-refractivity contribution is -0.123. The largest absolute Gasteiger partial charge is 0.497 e. The van der Waals surface area contributed by atoms with Gasteiger partial charge in [-0.2, -0.15) is 0 Å². The number of likely N-dealkylation sites (tertiary alicyclic amines) is 1. The van der Waals surface area contributed by atoms with Crippen LogP contribution in [0.5, 0.6) is 5.75 Å². The summed E-state index contributed by atoms with van der Waals surface area (Å²) < 4.78 is 10.1. The Balaban J connectivity index is 1.68. The Labute approximate surface area is 171 Å². The first-order valence-corrected chi connectivity index (χ1v) is 9.74. The lowest BCUT2D eigenvalue weighted by Gasteiger charge is -2.31. The van der Waals surface area contributed by atoms with Crippen molar-refractivity contribution in [2.75, 3.05) is 52.3 Å². The highest BCUT2D eigenvalue weighted by Gasteiger charge is 2.24. The number of nitrogens with zero attached hydrogens (tertiary/aromatic N) is 2. The van der Waals surface area contributed by atoms with Crippen LogP contribution in [-0.2, 0) is 14.3 Å². The molecular formula is C20H30N4O5. The van der Waals surface area contributed by atoms with E-state index in [4.69, 9.17) is 9.47 Å². The number of ether oxygens (including phenoxy) is 2. The van der Waals surface area contributed by atoms with Crippen LogP contribution in [0.1, 0.15) is 19.8 Å². The molecule has 0 bridgehead atoms. The second-order valence-corrected chi connectivity index (χ2v) is 6.98. The molecule has 1 saturated heterocycles. The first kappa shape index (κ1) is 22.5. The van der Waals surface area contributed by atoms with Crippen molar-refractivity contribution in [1.82, 2.24) is 15.1 Å². The van der Waals surface area contributed by atoms with Crippen LogP contribution in [0.3, 0.4) is 0 Å². The summed E-state index contributed by atoms with van der Waals surface area (Å²) in [4.78, 5) is 39.4. The minimum absolute atomic E-state index is 0.0229. The Bertz CT molecular complexity index is 687. The number of piperidine rings is 1. The third-order valence-electron chi connectivity index (χ3n) is 4.59. The van der Waals surface area contributed by atoms with E-state index in [9.17, 15) is 14.4 Å². The summed E-state index contributed by atoms with van der Waals surface area (Å²) in [5, 5.41) is 5.76. The van der Waals surface area contributed by atoms with Gasteiger partial charge in [-0.05, 0) is 51.1 Å². The molecule has 9 nitrogen and oxygen atoms in total. The van der Waals surface area contributed by atoms with Crippen molar-refractivity contribution < 1.29 is 23.9 Å². The zero-order valence-corrected chi connectivity index (χ0v) is 17.3. The maximum atomic E-state index is 12.2. The predicted octanol–water partition coefficient (Wildman–Crippen LogP) is 1.30. The normalized spacial score (nSPS) is 14.4. The van der Waals surface area contributed by atoms with E-state index in [1.807, 2.05) is 0 Å². The Morgan fingerprint density at radius 2 is 1.72 bits per heavy atom. The molecule has 1 aliphatic rings. The molecule has 29 heavy (non-hydrogen) atoms. The fourth-order valence-electron chi connectivity index (χ4n) is 3.12. The maximum absolute atomic E-state index is 12.2. The van der Waals surface area contributed by atoms with Crippen molar-refractivity contribution in [3.63, 3.8) is 0 Å². The van der Waals surface area contributed by atoms with Crippen LogP contribution < -0.4 is 15.4 Å².